The summed E-state index contributed by atoms with van der Waals surface area (Å²) in [5.74, 6) is -1.54. The van der Waals surface area contributed by atoms with Crippen LogP contribution >= 0.6 is 15.6 Å². The molecule has 13 heavy (non-hydrogen) atoms. The second kappa shape index (κ2) is 4.30. The summed E-state index contributed by atoms with van der Waals surface area (Å²) >= 11 is 0. The van der Waals surface area contributed by atoms with Crippen LogP contribution in [0, 0.1) is 0 Å². The molecule has 0 heterocycles. The maximum Gasteiger partial charge on any atom is 0.538 e. The normalized spacial score (nSPS) is 16.3. The Morgan fingerprint density at radius 1 is 1.23 bits per heavy atom. The van der Waals surface area contributed by atoms with Crippen molar-refractivity contribution in [2.24, 2.45) is 0 Å². The SMILES string of the molecule is O=C(CO)OP(=O)(O)OP(=O)(O)O. The van der Waals surface area contributed by atoms with Gasteiger partial charge in [-0.25, -0.2) is 13.9 Å². The van der Waals surface area contributed by atoms with E-state index in [-0.39, 0.29) is 0 Å². The van der Waals surface area contributed by atoms with Crippen LogP contribution in [0.15, 0.2) is 0 Å². The molecule has 0 radical (unpaired) electrons. The number of carbonyl (C=O) groups excluding carboxylic acids is 1. The van der Waals surface area contributed by atoms with Gasteiger partial charge in [0.15, 0.2) is 0 Å². The van der Waals surface area contributed by atoms with Crippen molar-refractivity contribution >= 4 is 21.6 Å². The maximum atomic E-state index is 10.5. The van der Waals surface area contributed by atoms with E-state index in [0.717, 1.165) is 0 Å². The molecular formula is C2H6O9P2. The number of aliphatic hydroxyl groups excluding tert-OH is 1. The summed E-state index contributed by atoms with van der Waals surface area (Å²) in [7, 11) is -10.4. The monoisotopic (exact) mass is 236 g/mol. The molecule has 0 aromatic carbocycles. The summed E-state index contributed by atoms with van der Waals surface area (Å²) in [4.78, 5) is 34.7. The van der Waals surface area contributed by atoms with Crippen LogP contribution in [0.2, 0.25) is 0 Å². The van der Waals surface area contributed by atoms with Gasteiger partial charge in [-0.3, -0.25) is 4.89 Å². The van der Waals surface area contributed by atoms with Crippen LogP contribution in [0.4, 0.5) is 0 Å². The van der Waals surface area contributed by atoms with Gasteiger partial charge in [0.2, 0.25) is 0 Å². The predicted molar refractivity (Wildman–Crippen MR) is 36.1 cm³/mol. The molecule has 78 valence electrons. The number of carbonyl (C=O) groups is 1. The predicted octanol–water partition coefficient (Wildman–Crippen LogP) is -1.27. The van der Waals surface area contributed by atoms with Crippen LogP contribution in [-0.2, 0) is 22.8 Å². The average Bonchev–Trinajstić information content (AvgIpc) is 1.80. The fourth-order valence-corrected chi connectivity index (χ4v) is 1.83. The largest absolute Gasteiger partial charge is 0.538 e. The number of hydrogen-bond donors (Lipinski definition) is 4. The van der Waals surface area contributed by atoms with Gasteiger partial charge in [-0.15, -0.1) is 0 Å². The molecule has 0 saturated carbocycles. The highest BCUT2D eigenvalue weighted by Crippen LogP contribution is 2.57. The van der Waals surface area contributed by atoms with Gasteiger partial charge in [0, 0.05) is 0 Å². The standard InChI is InChI=1S/C2H6O9P2/c3-1-2(4)10-13(8,9)11-12(5,6)7/h3H,1H2,(H,8,9)(H2,5,6,7). The van der Waals surface area contributed by atoms with E-state index < -0.39 is 28.2 Å². The van der Waals surface area contributed by atoms with Crippen molar-refractivity contribution in [1.29, 1.82) is 0 Å². The van der Waals surface area contributed by atoms with Crippen molar-refractivity contribution in [2.45, 2.75) is 0 Å². The molecule has 4 N–H and O–H groups in total. The molecule has 0 saturated heterocycles. The zero-order valence-corrected chi connectivity index (χ0v) is 7.72. The van der Waals surface area contributed by atoms with Crippen LogP contribution in [0.3, 0.4) is 0 Å². The van der Waals surface area contributed by atoms with E-state index in [9.17, 15) is 13.9 Å². The van der Waals surface area contributed by atoms with Crippen molar-refractivity contribution in [2.75, 3.05) is 6.61 Å². The Bertz CT molecular complexity index is 275. The van der Waals surface area contributed by atoms with E-state index in [4.69, 9.17) is 19.8 Å². The van der Waals surface area contributed by atoms with Crippen LogP contribution in [0.5, 0.6) is 0 Å². The number of hydrogen-bond acceptors (Lipinski definition) is 6. The Labute approximate surface area is 71.8 Å². The third kappa shape index (κ3) is 6.85. The van der Waals surface area contributed by atoms with Crippen molar-refractivity contribution in [3.05, 3.63) is 0 Å². The summed E-state index contributed by atoms with van der Waals surface area (Å²) in [5.41, 5.74) is 0. The van der Waals surface area contributed by atoms with E-state index in [1.807, 2.05) is 0 Å². The summed E-state index contributed by atoms with van der Waals surface area (Å²) in [6.07, 6.45) is 0. The molecule has 0 aromatic rings. The van der Waals surface area contributed by atoms with Gasteiger partial charge in [-0.05, 0) is 0 Å². The fourth-order valence-electron chi connectivity index (χ4n) is 0.309. The lowest BCUT2D eigenvalue weighted by Gasteiger charge is -2.10. The Hall–Kier alpha value is -0.270. The summed E-state index contributed by atoms with van der Waals surface area (Å²) in [6, 6.07) is 0. The quantitative estimate of drug-likeness (QED) is 0.438. The first-order valence-corrected chi connectivity index (χ1v) is 5.62. The highest BCUT2D eigenvalue weighted by atomic mass is 31.3. The van der Waals surface area contributed by atoms with Gasteiger partial charge in [-0.1, -0.05) is 0 Å². The average molecular weight is 236 g/mol. The minimum atomic E-state index is -5.23. The third-order valence-corrected chi connectivity index (χ3v) is 2.67. The van der Waals surface area contributed by atoms with E-state index >= 15 is 0 Å². The summed E-state index contributed by atoms with van der Waals surface area (Å²) < 4.78 is 27.2. The molecule has 9 nitrogen and oxygen atoms in total. The molecule has 11 heteroatoms. The zero-order chi connectivity index (χ0) is 10.7. The Morgan fingerprint density at radius 2 is 1.69 bits per heavy atom. The molecule has 1 atom stereocenters. The number of phosphoric acid groups is 2. The number of rotatable bonds is 4. The van der Waals surface area contributed by atoms with Gasteiger partial charge >= 0.3 is 21.6 Å². The van der Waals surface area contributed by atoms with Crippen LogP contribution in [0.1, 0.15) is 0 Å². The second-order valence-electron chi connectivity index (χ2n) is 1.66. The minimum absolute atomic E-state index is 1.21. The lowest BCUT2D eigenvalue weighted by atomic mass is 10.8. The molecule has 0 amide bonds. The van der Waals surface area contributed by atoms with Crippen molar-refractivity contribution in [1.82, 2.24) is 0 Å². The first-order valence-electron chi connectivity index (χ1n) is 2.59. The Balaban J connectivity index is 4.34. The molecule has 0 fully saturated rings. The molecule has 0 spiro atoms. The lowest BCUT2D eigenvalue weighted by molar-refractivity contribution is -0.138. The fraction of sp³-hybridized carbons (Fsp3) is 0.500. The molecular weight excluding hydrogens is 230 g/mol. The molecule has 0 aliphatic rings. The topological polar surface area (TPSA) is 151 Å². The van der Waals surface area contributed by atoms with Crippen molar-refractivity contribution in [3.63, 3.8) is 0 Å². The van der Waals surface area contributed by atoms with Gasteiger partial charge in [-0.2, -0.15) is 4.31 Å². The molecule has 0 rings (SSSR count). The first-order chi connectivity index (χ1) is 5.66. The van der Waals surface area contributed by atoms with Gasteiger partial charge in [0.25, 0.3) is 0 Å². The molecule has 0 aliphatic heterocycles. The van der Waals surface area contributed by atoms with E-state index in [1.165, 1.54) is 0 Å². The van der Waals surface area contributed by atoms with Gasteiger partial charge in [0.1, 0.15) is 6.61 Å². The molecule has 1 unspecified atom stereocenters. The van der Waals surface area contributed by atoms with Crippen molar-refractivity contribution in [3.8, 4) is 0 Å². The summed E-state index contributed by atoms with van der Waals surface area (Å²) in [6.45, 7) is -1.21. The Morgan fingerprint density at radius 3 is 2.00 bits per heavy atom. The van der Waals surface area contributed by atoms with E-state index in [1.54, 1.807) is 0 Å². The highest BCUT2D eigenvalue weighted by Gasteiger charge is 2.35. The highest BCUT2D eigenvalue weighted by molar-refractivity contribution is 7.61. The smallest absolute Gasteiger partial charge is 0.385 e. The molecule has 0 bridgehead atoms. The van der Waals surface area contributed by atoms with Gasteiger partial charge in [0.05, 0.1) is 0 Å². The van der Waals surface area contributed by atoms with Crippen LogP contribution < -0.4 is 0 Å². The molecule has 0 aromatic heterocycles. The minimum Gasteiger partial charge on any atom is -0.385 e. The first kappa shape index (κ1) is 12.7. The number of phosphoric ester groups is 1. The third-order valence-electron chi connectivity index (χ3n) is 0.556. The molecule has 0 aliphatic carbocycles. The number of aliphatic hydroxyl groups is 1. The van der Waals surface area contributed by atoms with Crippen molar-refractivity contribution < 1.29 is 42.5 Å². The maximum absolute atomic E-state index is 10.5. The Kier molecular flexibility index (Phi) is 4.21. The van der Waals surface area contributed by atoms with Gasteiger partial charge < -0.3 is 19.4 Å². The second-order valence-corrected chi connectivity index (χ2v) is 4.42. The van der Waals surface area contributed by atoms with E-state index in [2.05, 4.69) is 8.83 Å². The van der Waals surface area contributed by atoms with Crippen LogP contribution in [-0.4, -0.2) is 32.4 Å². The lowest BCUT2D eigenvalue weighted by Crippen LogP contribution is -2.07. The van der Waals surface area contributed by atoms with Crippen LogP contribution in [0.25, 0.3) is 0 Å². The van der Waals surface area contributed by atoms with E-state index in [0.29, 0.717) is 0 Å². The summed E-state index contributed by atoms with van der Waals surface area (Å²) in [5, 5.41) is 8.04. The zero-order valence-electron chi connectivity index (χ0n) is 5.93.